The third-order valence-electron chi connectivity index (χ3n) is 7.18. The normalized spacial score (nSPS) is 14.9. The van der Waals surface area contributed by atoms with E-state index >= 15 is 0 Å². The summed E-state index contributed by atoms with van der Waals surface area (Å²) in [5, 5.41) is 3.24. The molecule has 9 heteroatoms. The zero-order valence-corrected chi connectivity index (χ0v) is 24.7. The molecule has 1 amide bonds. The van der Waals surface area contributed by atoms with Crippen LogP contribution < -0.4 is 20.5 Å². The maximum atomic E-state index is 14.1. The van der Waals surface area contributed by atoms with E-state index in [2.05, 4.69) is 39.4 Å². The number of nitrogens with one attached hydrogen (secondary N) is 1. The number of alkyl carbamates (subject to hydrolysis) is 1. The van der Waals surface area contributed by atoms with Gasteiger partial charge in [0.25, 0.3) is 5.56 Å². The van der Waals surface area contributed by atoms with Gasteiger partial charge in [0, 0.05) is 38.4 Å². The van der Waals surface area contributed by atoms with Crippen LogP contribution in [-0.4, -0.2) is 65.5 Å². The molecule has 0 spiro atoms. The van der Waals surface area contributed by atoms with Crippen molar-refractivity contribution in [2.45, 2.75) is 39.3 Å². The largest absolute Gasteiger partial charge is 0.491 e. The van der Waals surface area contributed by atoms with E-state index in [4.69, 9.17) is 14.5 Å². The van der Waals surface area contributed by atoms with E-state index in [1.165, 1.54) is 5.69 Å². The number of aromatic nitrogens is 2. The van der Waals surface area contributed by atoms with E-state index in [1.54, 1.807) is 38.3 Å². The molecule has 3 aromatic carbocycles. The van der Waals surface area contributed by atoms with Gasteiger partial charge in [0.1, 0.15) is 29.2 Å². The Bertz CT molecular complexity index is 1560. The van der Waals surface area contributed by atoms with Crippen molar-refractivity contribution in [1.82, 2.24) is 19.8 Å². The van der Waals surface area contributed by atoms with E-state index in [0.717, 1.165) is 32.7 Å². The van der Waals surface area contributed by atoms with Gasteiger partial charge in [-0.15, -0.1) is 0 Å². The van der Waals surface area contributed by atoms with Gasteiger partial charge in [-0.1, -0.05) is 42.5 Å². The Kier molecular flexibility index (Phi) is 8.77. The number of hydrogen-bond donors (Lipinski definition) is 1. The molecular weight excluding hydrogens is 530 g/mol. The topological polar surface area (TPSA) is 88.9 Å². The summed E-state index contributed by atoms with van der Waals surface area (Å²) in [4.78, 5) is 36.3. The van der Waals surface area contributed by atoms with Crippen molar-refractivity contribution in [2.75, 3.05) is 44.2 Å². The number of carbonyl (C=O) groups is 1. The zero-order valence-electron chi connectivity index (χ0n) is 24.7. The van der Waals surface area contributed by atoms with Crippen LogP contribution >= 0.6 is 0 Å². The second-order valence-electron chi connectivity index (χ2n) is 11.5. The van der Waals surface area contributed by atoms with Crippen LogP contribution in [0.15, 0.2) is 83.7 Å². The summed E-state index contributed by atoms with van der Waals surface area (Å²) in [7, 11) is 0. The van der Waals surface area contributed by atoms with Crippen LogP contribution in [0.3, 0.4) is 0 Å². The molecule has 1 saturated heterocycles. The average Bonchev–Trinajstić information content (AvgIpc) is 2.97. The fraction of sp³-hybridized carbons (Fsp3) is 0.364. The molecule has 1 aliphatic heterocycles. The maximum Gasteiger partial charge on any atom is 0.408 e. The number of fused-ring (bicyclic) bond motifs is 1. The summed E-state index contributed by atoms with van der Waals surface area (Å²) >= 11 is 0. The maximum absolute atomic E-state index is 14.1. The summed E-state index contributed by atoms with van der Waals surface area (Å²) in [6, 6.07) is 24.6. The van der Waals surface area contributed by atoms with E-state index in [1.807, 2.05) is 48.5 Å². The Morgan fingerprint density at radius 3 is 2.19 bits per heavy atom. The summed E-state index contributed by atoms with van der Waals surface area (Å²) in [5.74, 6) is 0.898. The molecule has 1 atom stereocenters. The molecule has 1 N–H and O–H groups in total. The molecular formula is C33H39N5O4. The zero-order chi connectivity index (χ0) is 29.7. The smallest absolute Gasteiger partial charge is 0.408 e. The molecule has 1 fully saturated rings. The Balaban J connectivity index is 1.36. The van der Waals surface area contributed by atoms with Crippen LogP contribution in [0.4, 0.5) is 10.5 Å². The summed E-state index contributed by atoms with van der Waals surface area (Å²) in [6.07, 6.45) is -0.578. The quantitative estimate of drug-likeness (QED) is 0.313. The lowest BCUT2D eigenvalue weighted by Crippen LogP contribution is -2.47. The highest BCUT2D eigenvalue weighted by molar-refractivity contribution is 5.84. The summed E-state index contributed by atoms with van der Waals surface area (Å²) in [6.45, 7) is 12.2. The third-order valence-corrected chi connectivity index (χ3v) is 7.18. The van der Waals surface area contributed by atoms with Crippen molar-refractivity contribution < 1.29 is 14.3 Å². The first-order chi connectivity index (χ1) is 20.2. The lowest BCUT2D eigenvalue weighted by atomic mass is 10.2. The molecule has 0 unspecified atom stereocenters. The minimum atomic E-state index is -0.651. The van der Waals surface area contributed by atoms with E-state index < -0.39 is 17.7 Å². The number of ether oxygens (including phenoxy) is 2. The Hall–Kier alpha value is -4.37. The van der Waals surface area contributed by atoms with Gasteiger partial charge in [-0.05, 0) is 64.1 Å². The highest BCUT2D eigenvalue weighted by Gasteiger charge is 2.24. The van der Waals surface area contributed by atoms with Gasteiger partial charge in [-0.2, -0.15) is 0 Å². The molecule has 4 aromatic rings. The number of nitrogens with zero attached hydrogens (tertiary/aromatic N) is 4. The molecule has 1 aliphatic rings. The van der Waals surface area contributed by atoms with Gasteiger partial charge in [0.15, 0.2) is 0 Å². The van der Waals surface area contributed by atoms with Gasteiger partial charge >= 0.3 is 6.09 Å². The van der Waals surface area contributed by atoms with Crippen molar-refractivity contribution in [3.63, 3.8) is 0 Å². The van der Waals surface area contributed by atoms with Crippen molar-refractivity contribution in [1.29, 1.82) is 0 Å². The van der Waals surface area contributed by atoms with Crippen molar-refractivity contribution in [3.05, 3.63) is 95.0 Å². The molecule has 0 saturated carbocycles. The molecule has 1 aromatic heterocycles. The number of carbonyl (C=O) groups excluding carboxylic acids is 1. The molecule has 220 valence electrons. The minimum absolute atomic E-state index is 0.258. The predicted molar refractivity (Wildman–Crippen MR) is 166 cm³/mol. The lowest BCUT2D eigenvalue weighted by molar-refractivity contribution is 0.0505. The number of rotatable bonds is 8. The summed E-state index contributed by atoms with van der Waals surface area (Å²) in [5.41, 5.74) is 1.50. The third kappa shape index (κ3) is 6.91. The Labute approximate surface area is 246 Å². The van der Waals surface area contributed by atoms with Gasteiger partial charge in [-0.25, -0.2) is 9.78 Å². The monoisotopic (exact) mass is 569 g/mol. The highest BCUT2D eigenvalue weighted by atomic mass is 16.6. The Morgan fingerprint density at radius 2 is 1.55 bits per heavy atom. The van der Waals surface area contributed by atoms with Crippen LogP contribution in [0.25, 0.3) is 16.6 Å². The second-order valence-corrected chi connectivity index (χ2v) is 11.5. The first kappa shape index (κ1) is 29.1. The average molecular weight is 570 g/mol. The number of amides is 1. The first-order valence-electron chi connectivity index (χ1n) is 14.5. The second kappa shape index (κ2) is 12.7. The molecule has 42 heavy (non-hydrogen) atoms. The van der Waals surface area contributed by atoms with Crippen molar-refractivity contribution >= 4 is 22.7 Å². The molecule has 0 bridgehead atoms. The van der Waals surface area contributed by atoms with Gasteiger partial charge in [0.05, 0.1) is 17.2 Å². The van der Waals surface area contributed by atoms with Crippen LogP contribution in [0.5, 0.6) is 5.75 Å². The lowest BCUT2D eigenvalue weighted by Gasteiger charge is -2.36. The fourth-order valence-corrected chi connectivity index (χ4v) is 5.16. The molecule has 0 radical (unpaired) electrons. The first-order valence-corrected chi connectivity index (χ1v) is 14.5. The standard InChI is InChI=1S/C33H39N5O4/c1-24(34-32(40)42-33(2,3)4)30-35-27-16-11-17-28(29(27)31(39)38(30)26-14-9-6-10-15-26)41-23-22-36-18-20-37(21-19-36)25-12-7-5-8-13-25/h5-17,24H,18-23H2,1-4H3,(H,34,40)/t24-/m0/s1. The number of hydrogen-bond acceptors (Lipinski definition) is 7. The van der Waals surface area contributed by atoms with Crippen molar-refractivity contribution in [2.24, 2.45) is 0 Å². The van der Waals surface area contributed by atoms with Crippen molar-refractivity contribution in [3.8, 4) is 11.4 Å². The summed E-state index contributed by atoms with van der Waals surface area (Å²) < 4.78 is 13.2. The van der Waals surface area contributed by atoms with Crippen LogP contribution in [-0.2, 0) is 4.74 Å². The SMILES string of the molecule is C[C@H](NC(=O)OC(C)(C)C)c1nc2cccc(OCCN3CCN(c4ccccc4)CC3)c2c(=O)n1-c1ccccc1. The van der Waals surface area contributed by atoms with Crippen LogP contribution in [0.1, 0.15) is 39.6 Å². The van der Waals surface area contributed by atoms with E-state index in [9.17, 15) is 9.59 Å². The predicted octanol–water partition coefficient (Wildman–Crippen LogP) is 5.17. The number of para-hydroxylation sites is 2. The molecule has 2 heterocycles. The molecule has 5 rings (SSSR count). The molecule has 9 nitrogen and oxygen atoms in total. The number of anilines is 1. The molecule has 0 aliphatic carbocycles. The Morgan fingerprint density at radius 1 is 0.905 bits per heavy atom. The highest BCUT2D eigenvalue weighted by Crippen LogP contribution is 2.25. The number of benzene rings is 3. The minimum Gasteiger partial charge on any atom is -0.491 e. The fourth-order valence-electron chi connectivity index (χ4n) is 5.16. The van der Waals surface area contributed by atoms with Gasteiger partial charge < -0.3 is 19.7 Å². The van der Waals surface area contributed by atoms with Crippen LogP contribution in [0.2, 0.25) is 0 Å². The van der Waals surface area contributed by atoms with E-state index in [-0.39, 0.29) is 5.56 Å². The van der Waals surface area contributed by atoms with E-state index in [0.29, 0.717) is 34.8 Å². The number of piperazine rings is 1. The van der Waals surface area contributed by atoms with Crippen LogP contribution in [0, 0.1) is 0 Å². The van der Waals surface area contributed by atoms with Gasteiger partial charge in [0.2, 0.25) is 0 Å². The van der Waals surface area contributed by atoms with Gasteiger partial charge in [-0.3, -0.25) is 14.3 Å².